The van der Waals surface area contributed by atoms with Gasteiger partial charge in [-0.15, -0.1) is 0 Å². The Balaban J connectivity index is 2.10. The van der Waals surface area contributed by atoms with Crippen molar-refractivity contribution in [2.24, 2.45) is 0 Å². The van der Waals surface area contributed by atoms with E-state index >= 15 is 0 Å². The fourth-order valence-corrected chi connectivity index (χ4v) is 1.70. The van der Waals surface area contributed by atoms with Crippen LogP contribution in [0.25, 0.3) is 0 Å². The molecule has 0 spiro atoms. The van der Waals surface area contributed by atoms with Gasteiger partial charge >= 0.3 is 0 Å². The van der Waals surface area contributed by atoms with E-state index in [4.69, 9.17) is 0 Å². The lowest BCUT2D eigenvalue weighted by atomic mass is 10.0. The number of hydrogen-bond acceptors (Lipinski definition) is 0. The Labute approximate surface area is 77.1 Å². The highest BCUT2D eigenvalue weighted by Gasteiger charge is 1.92. The lowest BCUT2D eigenvalue weighted by molar-refractivity contribution is 0.578. The summed E-state index contributed by atoms with van der Waals surface area (Å²) in [6, 6.07) is 0. The molecule has 0 bridgehead atoms. The summed E-state index contributed by atoms with van der Waals surface area (Å²) < 4.78 is 0. The van der Waals surface area contributed by atoms with Crippen molar-refractivity contribution in [3.63, 3.8) is 0 Å². The van der Waals surface area contributed by atoms with Crippen molar-refractivity contribution in [2.45, 2.75) is 57.8 Å². The molecule has 1 radical (unpaired) electrons. The highest BCUT2D eigenvalue weighted by atomic mass is 14.0. The van der Waals surface area contributed by atoms with Gasteiger partial charge in [0.15, 0.2) is 0 Å². The molecule has 0 aromatic carbocycles. The molecule has 12 heavy (non-hydrogen) atoms. The Morgan fingerprint density at radius 1 is 0.583 bits per heavy atom. The van der Waals surface area contributed by atoms with Crippen molar-refractivity contribution >= 4 is 0 Å². The molecule has 0 heteroatoms. The standard InChI is InChI=1S/C12H21/c1-2-4-6-8-10-12-11-9-7-5-3-1/h1-3H,4-12H2. The van der Waals surface area contributed by atoms with Gasteiger partial charge in [0, 0.05) is 0 Å². The Bertz CT molecular complexity index is 99.2. The summed E-state index contributed by atoms with van der Waals surface area (Å²) in [5.74, 6) is 0. The summed E-state index contributed by atoms with van der Waals surface area (Å²) in [6.07, 6.45) is 19.5. The van der Waals surface area contributed by atoms with E-state index in [1.807, 2.05) is 0 Å². The molecule has 1 rings (SSSR count). The van der Waals surface area contributed by atoms with Crippen LogP contribution in [0.3, 0.4) is 0 Å². The second kappa shape index (κ2) is 7.39. The quantitative estimate of drug-likeness (QED) is 0.503. The predicted molar refractivity (Wildman–Crippen MR) is 55.0 cm³/mol. The zero-order valence-electron chi connectivity index (χ0n) is 8.10. The van der Waals surface area contributed by atoms with Gasteiger partial charge in [0.2, 0.25) is 0 Å². The molecule has 0 N–H and O–H groups in total. The zero-order chi connectivity index (χ0) is 8.49. The van der Waals surface area contributed by atoms with E-state index in [0.29, 0.717) is 0 Å². The van der Waals surface area contributed by atoms with Crippen LogP contribution in [-0.2, 0) is 0 Å². The maximum absolute atomic E-state index is 2.32. The van der Waals surface area contributed by atoms with Crippen LogP contribution in [0.2, 0.25) is 0 Å². The topological polar surface area (TPSA) is 0 Å². The van der Waals surface area contributed by atoms with E-state index in [9.17, 15) is 0 Å². The van der Waals surface area contributed by atoms with Crippen molar-refractivity contribution in [2.75, 3.05) is 0 Å². The molecule has 69 valence electrons. The molecule has 1 aliphatic carbocycles. The Morgan fingerprint density at radius 2 is 1.17 bits per heavy atom. The fourth-order valence-electron chi connectivity index (χ4n) is 1.70. The third kappa shape index (κ3) is 5.40. The van der Waals surface area contributed by atoms with E-state index in [-0.39, 0.29) is 0 Å². The molecular formula is C12H21. The molecule has 0 saturated heterocycles. The van der Waals surface area contributed by atoms with Gasteiger partial charge < -0.3 is 0 Å². The smallest absolute Gasteiger partial charge is 0.0171 e. The third-order valence-corrected chi connectivity index (χ3v) is 2.51. The molecule has 0 atom stereocenters. The summed E-state index contributed by atoms with van der Waals surface area (Å²) in [4.78, 5) is 0. The Hall–Kier alpha value is -0.260. The summed E-state index contributed by atoms with van der Waals surface area (Å²) in [5, 5.41) is 0. The van der Waals surface area contributed by atoms with E-state index in [1.165, 1.54) is 57.8 Å². The summed E-state index contributed by atoms with van der Waals surface area (Å²) >= 11 is 0. The largest absolute Gasteiger partial charge is 0.0882 e. The van der Waals surface area contributed by atoms with Gasteiger partial charge in [-0.05, 0) is 25.7 Å². The van der Waals surface area contributed by atoms with Crippen LogP contribution in [0, 0.1) is 6.42 Å². The molecular weight excluding hydrogens is 144 g/mol. The molecule has 0 aromatic rings. The first kappa shape index (κ1) is 9.83. The number of rotatable bonds is 0. The van der Waals surface area contributed by atoms with Gasteiger partial charge in [-0.3, -0.25) is 0 Å². The van der Waals surface area contributed by atoms with Gasteiger partial charge in [0.25, 0.3) is 0 Å². The van der Waals surface area contributed by atoms with Crippen molar-refractivity contribution in [1.29, 1.82) is 0 Å². The SMILES string of the molecule is [CH]1C=CCCCCCCCCC1. The van der Waals surface area contributed by atoms with Crippen LogP contribution < -0.4 is 0 Å². The molecule has 0 fully saturated rings. The first-order valence-corrected chi connectivity index (χ1v) is 5.48. The second-order valence-electron chi connectivity index (χ2n) is 3.72. The first-order valence-electron chi connectivity index (χ1n) is 5.48. The van der Waals surface area contributed by atoms with Crippen LogP contribution in [0.15, 0.2) is 12.2 Å². The van der Waals surface area contributed by atoms with Gasteiger partial charge in [-0.25, -0.2) is 0 Å². The lowest BCUT2D eigenvalue weighted by Gasteiger charge is -2.02. The number of allylic oxidation sites excluding steroid dienone is 2. The van der Waals surface area contributed by atoms with E-state index < -0.39 is 0 Å². The monoisotopic (exact) mass is 165 g/mol. The minimum Gasteiger partial charge on any atom is -0.0882 e. The summed E-state index contributed by atoms with van der Waals surface area (Å²) in [7, 11) is 0. The third-order valence-electron chi connectivity index (χ3n) is 2.51. The van der Waals surface area contributed by atoms with Crippen LogP contribution in [0.1, 0.15) is 57.8 Å². The van der Waals surface area contributed by atoms with Crippen LogP contribution >= 0.6 is 0 Å². The van der Waals surface area contributed by atoms with Crippen LogP contribution in [0.5, 0.6) is 0 Å². The minimum atomic E-state index is 1.29. The number of hydrogen-bond donors (Lipinski definition) is 0. The summed E-state index contributed by atoms with van der Waals surface area (Å²) in [5.41, 5.74) is 0. The first-order chi connectivity index (χ1) is 6.00. The van der Waals surface area contributed by atoms with Crippen LogP contribution in [0.4, 0.5) is 0 Å². The van der Waals surface area contributed by atoms with Gasteiger partial charge in [-0.1, -0.05) is 50.7 Å². The molecule has 1 aliphatic rings. The fraction of sp³-hybridized carbons (Fsp3) is 0.750. The molecule has 0 heterocycles. The van der Waals surface area contributed by atoms with Gasteiger partial charge in [0.1, 0.15) is 0 Å². The predicted octanol–water partition coefficient (Wildman–Crippen LogP) is 4.27. The summed E-state index contributed by atoms with van der Waals surface area (Å²) in [6.45, 7) is 0. The van der Waals surface area contributed by atoms with Crippen LogP contribution in [-0.4, -0.2) is 0 Å². The van der Waals surface area contributed by atoms with Crippen molar-refractivity contribution in [3.05, 3.63) is 18.6 Å². The molecule has 0 nitrogen and oxygen atoms in total. The average molecular weight is 165 g/mol. The van der Waals surface area contributed by atoms with E-state index in [1.54, 1.807) is 0 Å². The van der Waals surface area contributed by atoms with E-state index in [2.05, 4.69) is 18.6 Å². The van der Waals surface area contributed by atoms with Gasteiger partial charge in [0.05, 0.1) is 0 Å². The molecule has 0 unspecified atom stereocenters. The Morgan fingerprint density at radius 3 is 1.92 bits per heavy atom. The molecule has 0 aliphatic heterocycles. The second-order valence-corrected chi connectivity index (χ2v) is 3.72. The molecule has 0 aromatic heterocycles. The Kier molecular flexibility index (Phi) is 6.05. The molecule has 0 saturated carbocycles. The van der Waals surface area contributed by atoms with Gasteiger partial charge in [-0.2, -0.15) is 0 Å². The maximum atomic E-state index is 2.32. The highest BCUT2D eigenvalue weighted by Crippen LogP contribution is 2.12. The van der Waals surface area contributed by atoms with E-state index in [0.717, 1.165) is 0 Å². The van der Waals surface area contributed by atoms with Crippen molar-refractivity contribution in [3.8, 4) is 0 Å². The molecule has 0 amide bonds. The zero-order valence-corrected chi connectivity index (χ0v) is 8.10. The highest BCUT2D eigenvalue weighted by molar-refractivity contribution is 4.94. The van der Waals surface area contributed by atoms with Crippen molar-refractivity contribution in [1.82, 2.24) is 0 Å². The average Bonchev–Trinajstić information content (AvgIpc) is 2.05. The normalized spacial score (nSPS) is 22.7. The lowest BCUT2D eigenvalue weighted by Crippen LogP contribution is -1.83. The maximum Gasteiger partial charge on any atom is -0.0171 e. The minimum absolute atomic E-state index is 1.29. The van der Waals surface area contributed by atoms with Crippen molar-refractivity contribution < 1.29 is 0 Å².